The van der Waals surface area contributed by atoms with E-state index in [1.165, 1.54) is 38.9 Å². The Labute approximate surface area is 256 Å². The number of pyridine rings is 1. The van der Waals surface area contributed by atoms with Crippen molar-refractivity contribution in [3.8, 4) is 0 Å². The molecule has 3 N–H and O–H groups in total. The summed E-state index contributed by atoms with van der Waals surface area (Å²) in [5, 5.41) is 21.4. The van der Waals surface area contributed by atoms with Gasteiger partial charge in [0.2, 0.25) is 0 Å². The van der Waals surface area contributed by atoms with Gasteiger partial charge in [-0.15, -0.1) is 0 Å². The van der Waals surface area contributed by atoms with Gasteiger partial charge in [0.25, 0.3) is 0 Å². The van der Waals surface area contributed by atoms with Crippen molar-refractivity contribution >= 4 is 17.9 Å². The van der Waals surface area contributed by atoms with Crippen LogP contribution in [0.5, 0.6) is 0 Å². The SMILES string of the molecule is CN1C[C@H](COCc2ccccn2)[C@]2(CCN(C3CCOCC3)C2)C1.O=C(O)C(F)(F)F.O=C(O)C(F)(F)F.O=C(O)C(F)(F)F. The van der Waals surface area contributed by atoms with Crippen LogP contribution in [0.4, 0.5) is 39.5 Å². The second-order valence-corrected chi connectivity index (χ2v) is 10.6. The molecule has 11 nitrogen and oxygen atoms in total. The maximum Gasteiger partial charge on any atom is 0.490 e. The minimum atomic E-state index is -5.08. The predicted octanol–water partition coefficient (Wildman–Crippen LogP) is 3.93. The Bertz CT molecular complexity index is 1040. The number of carboxylic acids is 3. The summed E-state index contributed by atoms with van der Waals surface area (Å²) in [5.41, 5.74) is 1.44. The third-order valence-corrected chi connectivity index (χ3v) is 7.13. The van der Waals surface area contributed by atoms with E-state index < -0.39 is 36.4 Å². The highest BCUT2D eigenvalue weighted by Gasteiger charge is 2.50. The smallest absolute Gasteiger partial charge is 0.475 e. The summed E-state index contributed by atoms with van der Waals surface area (Å²) in [6, 6.07) is 6.75. The normalized spacial score (nSPS) is 22.5. The van der Waals surface area contributed by atoms with E-state index in [2.05, 4.69) is 21.8 Å². The van der Waals surface area contributed by atoms with Gasteiger partial charge in [-0.2, -0.15) is 39.5 Å². The van der Waals surface area contributed by atoms with E-state index in [-0.39, 0.29) is 0 Å². The zero-order chi connectivity index (χ0) is 35.3. The van der Waals surface area contributed by atoms with Gasteiger partial charge in [0, 0.05) is 56.4 Å². The van der Waals surface area contributed by atoms with E-state index in [1.807, 2.05) is 24.4 Å². The monoisotopic (exact) mass is 687 g/mol. The van der Waals surface area contributed by atoms with Gasteiger partial charge in [0.05, 0.1) is 18.9 Å². The van der Waals surface area contributed by atoms with Crippen LogP contribution in [0.2, 0.25) is 0 Å². The van der Waals surface area contributed by atoms with Crippen molar-refractivity contribution in [2.45, 2.75) is 50.4 Å². The van der Waals surface area contributed by atoms with Gasteiger partial charge in [-0.25, -0.2) is 14.4 Å². The number of hydrogen-bond acceptors (Lipinski definition) is 8. The van der Waals surface area contributed by atoms with E-state index in [4.69, 9.17) is 39.2 Å². The highest BCUT2D eigenvalue weighted by atomic mass is 19.4. The number of aromatic nitrogens is 1. The van der Waals surface area contributed by atoms with E-state index in [9.17, 15) is 39.5 Å². The molecular weight excluding hydrogens is 653 g/mol. The first-order valence-corrected chi connectivity index (χ1v) is 13.5. The van der Waals surface area contributed by atoms with Crippen molar-refractivity contribution in [3.63, 3.8) is 0 Å². The van der Waals surface area contributed by atoms with Crippen molar-refractivity contribution in [1.82, 2.24) is 14.8 Å². The summed E-state index contributed by atoms with van der Waals surface area (Å²) in [6.45, 7) is 8.20. The first kappa shape index (κ1) is 40.8. The van der Waals surface area contributed by atoms with Crippen molar-refractivity contribution < 1.29 is 78.7 Å². The van der Waals surface area contributed by atoms with E-state index >= 15 is 0 Å². The summed E-state index contributed by atoms with van der Waals surface area (Å²) >= 11 is 0. The molecule has 1 aromatic heterocycles. The molecule has 0 unspecified atom stereocenters. The number of carboxylic acid groups (broad SMARTS) is 3. The first-order valence-electron chi connectivity index (χ1n) is 13.5. The third-order valence-electron chi connectivity index (χ3n) is 7.13. The number of alkyl halides is 9. The van der Waals surface area contributed by atoms with Gasteiger partial charge in [-0.05, 0) is 45.0 Å². The number of halogens is 9. The number of ether oxygens (including phenoxy) is 2. The molecule has 2 atom stereocenters. The summed E-state index contributed by atoms with van der Waals surface area (Å²) in [4.78, 5) is 36.3. The number of likely N-dealkylation sites (tertiary alicyclic amines) is 2. The standard InChI is InChI=1S/C20H31N3O2.3C2HF3O2/c1-22-12-17(13-25-14-18-4-2-3-8-21-18)20(15-22)7-9-23(16-20)19-5-10-24-11-6-19;3*3-2(4,5)1(6)7/h2-4,8,17,19H,5-7,9-16H2,1H3;3*(H,6,7)/t17-,20-;;;/m1.../s1. The number of rotatable bonds is 5. The molecule has 1 aromatic rings. The molecule has 3 saturated heterocycles. The fourth-order valence-electron chi connectivity index (χ4n) is 5.07. The van der Waals surface area contributed by atoms with Gasteiger partial charge in [-0.3, -0.25) is 9.88 Å². The molecule has 3 aliphatic rings. The Morgan fingerprint density at radius 3 is 1.85 bits per heavy atom. The van der Waals surface area contributed by atoms with Crippen LogP contribution in [0.25, 0.3) is 0 Å². The minimum absolute atomic E-state index is 0.414. The zero-order valence-corrected chi connectivity index (χ0v) is 24.4. The lowest BCUT2D eigenvalue weighted by molar-refractivity contribution is -0.193. The fourth-order valence-corrected chi connectivity index (χ4v) is 5.07. The van der Waals surface area contributed by atoms with Crippen molar-refractivity contribution in [2.75, 3.05) is 53.0 Å². The van der Waals surface area contributed by atoms with Gasteiger partial charge >= 0.3 is 36.4 Å². The molecule has 3 fully saturated rings. The summed E-state index contributed by atoms with van der Waals surface area (Å²) in [5.74, 6) is -7.64. The lowest BCUT2D eigenvalue weighted by atomic mass is 9.77. The van der Waals surface area contributed by atoms with Crippen LogP contribution in [-0.2, 0) is 30.5 Å². The Hall–Kier alpha value is -3.23. The molecule has 0 saturated carbocycles. The van der Waals surface area contributed by atoms with Crippen LogP contribution in [0.15, 0.2) is 24.4 Å². The van der Waals surface area contributed by atoms with Gasteiger partial charge in [0.15, 0.2) is 0 Å². The van der Waals surface area contributed by atoms with Crippen LogP contribution in [0.3, 0.4) is 0 Å². The molecule has 0 radical (unpaired) electrons. The van der Waals surface area contributed by atoms with Crippen LogP contribution >= 0.6 is 0 Å². The quantitative estimate of drug-likeness (QED) is 0.387. The molecule has 0 bridgehead atoms. The zero-order valence-electron chi connectivity index (χ0n) is 24.4. The maximum absolute atomic E-state index is 10.6. The molecule has 0 amide bonds. The highest BCUT2D eigenvalue weighted by Crippen LogP contribution is 2.44. The summed E-state index contributed by atoms with van der Waals surface area (Å²) in [7, 11) is 2.26. The van der Waals surface area contributed by atoms with Gasteiger partial charge in [0.1, 0.15) is 0 Å². The summed E-state index contributed by atoms with van der Waals surface area (Å²) in [6.07, 6.45) is -9.70. The molecule has 0 aromatic carbocycles. The molecule has 3 aliphatic heterocycles. The second-order valence-electron chi connectivity index (χ2n) is 10.6. The minimum Gasteiger partial charge on any atom is -0.475 e. The lowest BCUT2D eigenvalue weighted by Gasteiger charge is -2.34. The maximum atomic E-state index is 10.6. The molecule has 0 aliphatic carbocycles. The largest absolute Gasteiger partial charge is 0.490 e. The summed E-state index contributed by atoms with van der Waals surface area (Å²) < 4.78 is 107. The molecule has 1 spiro atoms. The predicted molar refractivity (Wildman–Crippen MR) is 138 cm³/mol. The molecule has 20 heteroatoms. The number of carbonyl (C=O) groups is 3. The van der Waals surface area contributed by atoms with Crippen LogP contribution < -0.4 is 0 Å². The Kier molecular flexibility index (Phi) is 15.6. The van der Waals surface area contributed by atoms with Gasteiger partial charge < -0.3 is 29.7 Å². The first-order chi connectivity index (χ1) is 21.1. The molecule has 264 valence electrons. The van der Waals surface area contributed by atoms with Crippen LogP contribution in [-0.4, -0.2) is 126 Å². The number of hydrogen-bond donors (Lipinski definition) is 3. The molecule has 4 rings (SSSR count). The van der Waals surface area contributed by atoms with Crippen LogP contribution in [0.1, 0.15) is 25.0 Å². The van der Waals surface area contributed by atoms with Crippen molar-refractivity contribution in [3.05, 3.63) is 30.1 Å². The van der Waals surface area contributed by atoms with Crippen molar-refractivity contribution in [1.29, 1.82) is 0 Å². The highest BCUT2D eigenvalue weighted by molar-refractivity contribution is 5.73. The number of nitrogens with zero attached hydrogens (tertiary/aromatic N) is 3. The fraction of sp³-hybridized carbons (Fsp3) is 0.692. The molecule has 46 heavy (non-hydrogen) atoms. The van der Waals surface area contributed by atoms with Gasteiger partial charge in [-0.1, -0.05) is 6.07 Å². The average molecular weight is 688 g/mol. The van der Waals surface area contributed by atoms with E-state index in [0.717, 1.165) is 38.1 Å². The second kappa shape index (κ2) is 17.6. The average Bonchev–Trinajstić information content (AvgIpc) is 3.51. The van der Waals surface area contributed by atoms with Crippen LogP contribution in [0, 0.1) is 11.3 Å². The lowest BCUT2D eigenvalue weighted by Crippen LogP contribution is -2.42. The third kappa shape index (κ3) is 14.5. The topological polar surface area (TPSA) is 150 Å². The van der Waals surface area contributed by atoms with E-state index in [0.29, 0.717) is 17.9 Å². The van der Waals surface area contributed by atoms with Crippen molar-refractivity contribution in [2.24, 2.45) is 11.3 Å². The Balaban J connectivity index is 0.000000413. The number of aliphatic carboxylic acids is 3. The van der Waals surface area contributed by atoms with E-state index in [1.54, 1.807) is 0 Å². The Morgan fingerprint density at radius 2 is 1.41 bits per heavy atom. The molecule has 4 heterocycles. The Morgan fingerprint density at radius 1 is 0.913 bits per heavy atom. The molecular formula is C26H34F9N3O8.